The molecule has 2 aliphatic carbocycles. The van der Waals surface area contributed by atoms with Crippen LogP contribution in [0.5, 0.6) is 0 Å². The molecule has 8 heteroatoms. The summed E-state index contributed by atoms with van der Waals surface area (Å²) >= 11 is 11.6. The number of ether oxygens (including phenoxy) is 2. The number of carbonyl (C=O) groups is 2. The molecule has 0 aromatic heterocycles. The summed E-state index contributed by atoms with van der Waals surface area (Å²) in [5, 5.41) is 3.83. The first kappa shape index (κ1) is 41.5. The van der Waals surface area contributed by atoms with Gasteiger partial charge in [0.2, 0.25) is 10.4 Å². The Bertz CT molecular complexity index is 753. The third kappa shape index (κ3) is 10.7. The number of carbonyl (C=O) groups excluding carboxylic acids is 2. The van der Waals surface area contributed by atoms with Crippen molar-refractivity contribution < 1.29 is 19.1 Å². The van der Waals surface area contributed by atoms with E-state index in [1.54, 1.807) is 13.8 Å². The predicted molar refractivity (Wildman–Crippen MR) is 185 cm³/mol. The summed E-state index contributed by atoms with van der Waals surface area (Å²) in [5.74, 6) is 9.38. The van der Waals surface area contributed by atoms with E-state index in [2.05, 4.69) is 79.9 Å². The van der Waals surface area contributed by atoms with Gasteiger partial charge >= 0.3 is 11.9 Å². The Balaban J connectivity index is 0.000000294. The van der Waals surface area contributed by atoms with Gasteiger partial charge in [0.05, 0.1) is 0 Å². The molecule has 0 radical (unpaired) electrons. The van der Waals surface area contributed by atoms with Crippen LogP contribution in [0.2, 0.25) is 0 Å². The van der Waals surface area contributed by atoms with Gasteiger partial charge in [0.15, 0.2) is 0 Å². The maximum atomic E-state index is 11.2. The van der Waals surface area contributed by atoms with Crippen LogP contribution in [0, 0.1) is 71.0 Å². The average molecular weight is 664 g/mol. The molecule has 0 bridgehead atoms. The van der Waals surface area contributed by atoms with Gasteiger partial charge in [-0.2, -0.15) is 0 Å². The molecule has 44 heavy (non-hydrogen) atoms. The topological polar surface area (TPSA) is 76.7 Å². The average Bonchev–Trinajstić information content (AvgIpc) is 3.53. The Hall–Kier alpha value is -0.560. The van der Waals surface area contributed by atoms with E-state index >= 15 is 0 Å². The van der Waals surface area contributed by atoms with E-state index in [9.17, 15) is 9.59 Å². The van der Waals surface area contributed by atoms with Gasteiger partial charge in [-0.15, -0.1) is 0 Å². The van der Waals surface area contributed by atoms with Gasteiger partial charge in [-0.25, -0.2) is 0 Å². The summed E-state index contributed by atoms with van der Waals surface area (Å²) in [4.78, 5) is 22.4. The molecule has 0 spiro atoms. The third-order valence-corrected chi connectivity index (χ3v) is 13.0. The second-order valence-electron chi connectivity index (χ2n) is 15.3. The van der Waals surface area contributed by atoms with Crippen LogP contribution in [0.4, 0.5) is 0 Å². The Kier molecular flexibility index (Phi) is 16.0. The molecule has 2 N–H and O–H groups in total. The highest BCUT2D eigenvalue weighted by atomic mass is 35.5. The zero-order chi connectivity index (χ0) is 34.5. The Labute approximate surface area is 281 Å². The molecule has 4 rings (SSSR count). The van der Waals surface area contributed by atoms with E-state index in [0.29, 0.717) is 0 Å². The molecule has 2 heterocycles. The van der Waals surface area contributed by atoms with Gasteiger partial charge < -0.3 is 9.47 Å². The second-order valence-corrected chi connectivity index (χ2v) is 16.7. The maximum Gasteiger partial charge on any atom is 0.326 e. The highest BCUT2D eigenvalue weighted by Crippen LogP contribution is 2.45. The van der Waals surface area contributed by atoms with E-state index < -0.39 is 10.4 Å². The lowest BCUT2D eigenvalue weighted by Crippen LogP contribution is -2.40. The summed E-state index contributed by atoms with van der Waals surface area (Å²) in [6.45, 7) is 35.3. The number of cyclic esters (lactones) is 2. The fourth-order valence-corrected chi connectivity index (χ4v) is 7.63. The van der Waals surface area contributed by atoms with Crippen LogP contribution in [0.1, 0.15) is 124 Å². The van der Waals surface area contributed by atoms with Crippen LogP contribution in [0.3, 0.4) is 0 Å². The van der Waals surface area contributed by atoms with Crippen molar-refractivity contribution in [3.05, 3.63) is 0 Å². The quantitative estimate of drug-likeness (QED) is 0.177. The van der Waals surface area contributed by atoms with Crippen molar-refractivity contribution in [3.8, 4) is 0 Å². The zero-order valence-corrected chi connectivity index (χ0v) is 32.4. The van der Waals surface area contributed by atoms with Crippen LogP contribution >= 0.6 is 23.2 Å². The molecule has 2 saturated heterocycles. The minimum atomic E-state index is -1.01. The number of esters is 2. The first-order chi connectivity index (χ1) is 20.0. The molecule has 6 nitrogen and oxygen atoms in total. The third-order valence-electron chi connectivity index (χ3n) is 12.6. The molecule has 4 aliphatic rings. The largest absolute Gasteiger partial charge is 0.429 e. The van der Waals surface area contributed by atoms with Crippen LogP contribution in [-0.2, 0) is 19.1 Å². The molecule has 2 aliphatic heterocycles. The van der Waals surface area contributed by atoms with Gasteiger partial charge in [0, 0.05) is 13.8 Å². The molecule has 260 valence electrons. The van der Waals surface area contributed by atoms with E-state index in [-0.39, 0.29) is 35.9 Å². The highest BCUT2D eigenvalue weighted by molar-refractivity contribution is 6.24. The Morgan fingerprint density at radius 3 is 0.841 bits per heavy atom. The lowest BCUT2D eigenvalue weighted by molar-refractivity contribution is -0.145. The zero-order valence-electron chi connectivity index (χ0n) is 30.9. The summed E-state index contributed by atoms with van der Waals surface area (Å²) < 4.78 is 9.80. The molecule has 2 unspecified atom stereocenters. The first-order valence-electron chi connectivity index (χ1n) is 17.4. The number of hydrogen-bond donors (Lipinski definition) is 2. The fraction of sp³-hybridized carbons (Fsp3) is 0.944. The molecule has 0 aromatic rings. The van der Waals surface area contributed by atoms with Gasteiger partial charge in [-0.3, -0.25) is 20.2 Å². The van der Waals surface area contributed by atoms with Crippen molar-refractivity contribution in [3.63, 3.8) is 0 Å². The standard InChI is InChI=1S/2C10H20.2C8H14ClNO2/c2*1-6-7(2)9(4)10(5)8(6)3;2*1-4-5(2)6-7(11)12-8(3,9)10-6/h2*6-10H,1-5H3;2*5-6,10H,4H2,1-3H3/t;;5?,6-,8+;5?,6-,8-/m..00/s1. The number of halogens is 2. The lowest BCUT2D eigenvalue weighted by Gasteiger charge is -2.16. The SMILES string of the molecule is CC1C(C)C(C)C(C)C1C.CC1C(C)C(C)C(C)C1C.CCC(C)[C@@H]1N[C@@](C)(Cl)OC1=O.CCC(C)[C@@H]1N[C@](C)(Cl)OC1=O. The lowest BCUT2D eigenvalue weighted by atomic mass is 9.92. The van der Waals surface area contributed by atoms with Gasteiger partial charge in [-0.05, 0) is 71.0 Å². The Morgan fingerprint density at radius 2 is 0.727 bits per heavy atom. The number of hydrogen-bond acceptors (Lipinski definition) is 6. The summed E-state index contributed by atoms with van der Waals surface area (Å²) in [5.41, 5.74) is 0. The summed E-state index contributed by atoms with van der Waals surface area (Å²) in [7, 11) is 0. The molecular formula is C36H68Cl2N2O4. The van der Waals surface area contributed by atoms with Crippen LogP contribution in [0.25, 0.3) is 0 Å². The van der Waals surface area contributed by atoms with E-state index in [1.165, 1.54) is 0 Å². The van der Waals surface area contributed by atoms with Crippen LogP contribution in [-0.4, -0.2) is 34.4 Å². The van der Waals surface area contributed by atoms with Gasteiger partial charge in [0.1, 0.15) is 12.1 Å². The van der Waals surface area contributed by atoms with E-state index in [0.717, 1.165) is 72.0 Å². The fourth-order valence-electron chi connectivity index (χ4n) is 7.25. The van der Waals surface area contributed by atoms with Crippen molar-refractivity contribution in [2.24, 2.45) is 71.0 Å². The minimum Gasteiger partial charge on any atom is -0.429 e. The van der Waals surface area contributed by atoms with Crippen molar-refractivity contribution in [1.82, 2.24) is 10.6 Å². The Morgan fingerprint density at radius 1 is 0.545 bits per heavy atom. The smallest absolute Gasteiger partial charge is 0.326 e. The highest BCUT2D eigenvalue weighted by Gasteiger charge is 2.44. The summed E-state index contributed by atoms with van der Waals surface area (Å²) in [6.07, 6.45) is 1.86. The monoisotopic (exact) mass is 662 g/mol. The van der Waals surface area contributed by atoms with Crippen molar-refractivity contribution >= 4 is 35.1 Å². The van der Waals surface area contributed by atoms with Crippen molar-refractivity contribution in [1.29, 1.82) is 0 Å². The van der Waals surface area contributed by atoms with Crippen molar-refractivity contribution in [2.75, 3.05) is 0 Å². The number of alkyl halides is 2. The second kappa shape index (κ2) is 17.0. The first-order valence-corrected chi connectivity index (χ1v) is 18.2. The molecule has 2 saturated carbocycles. The van der Waals surface area contributed by atoms with Crippen LogP contribution < -0.4 is 10.6 Å². The number of nitrogens with one attached hydrogen (secondary N) is 2. The van der Waals surface area contributed by atoms with E-state index in [4.69, 9.17) is 32.7 Å². The van der Waals surface area contributed by atoms with Gasteiger partial charge in [-0.1, -0.05) is 133 Å². The molecule has 0 aromatic carbocycles. The number of rotatable bonds is 4. The van der Waals surface area contributed by atoms with Crippen molar-refractivity contribution in [2.45, 2.75) is 146 Å². The molecule has 0 amide bonds. The molecular weight excluding hydrogens is 595 g/mol. The molecule has 4 fully saturated rings. The predicted octanol–water partition coefficient (Wildman–Crippen LogP) is 9.28. The molecule has 6 atom stereocenters. The minimum absolute atomic E-state index is 0.248. The van der Waals surface area contributed by atoms with Crippen LogP contribution in [0.15, 0.2) is 0 Å². The normalized spacial score (nSPS) is 46.0. The maximum absolute atomic E-state index is 11.2. The summed E-state index contributed by atoms with van der Waals surface area (Å²) in [6, 6.07) is -0.505. The van der Waals surface area contributed by atoms with E-state index in [1.807, 2.05) is 27.7 Å². The van der Waals surface area contributed by atoms with Gasteiger partial charge in [0.25, 0.3) is 0 Å².